The molecule has 0 radical (unpaired) electrons. The molecule has 0 aromatic carbocycles. The van der Waals surface area contributed by atoms with Gasteiger partial charge >= 0.3 is 0 Å². The highest BCUT2D eigenvalue weighted by Gasteiger charge is 2.00. The van der Waals surface area contributed by atoms with E-state index in [9.17, 15) is 0 Å². The van der Waals surface area contributed by atoms with Crippen molar-refractivity contribution in [3.8, 4) is 0 Å². The zero-order valence-electron chi connectivity index (χ0n) is 7.42. The predicted octanol–water partition coefficient (Wildman–Crippen LogP) is 2.59. The van der Waals surface area contributed by atoms with Crippen molar-refractivity contribution in [3.63, 3.8) is 0 Å². The van der Waals surface area contributed by atoms with Crippen molar-refractivity contribution in [1.29, 1.82) is 0 Å². The van der Waals surface area contributed by atoms with Crippen LogP contribution in [0.25, 0.3) is 0 Å². The summed E-state index contributed by atoms with van der Waals surface area (Å²) in [7, 11) is 0. The van der Waals surface area contributed by atoms with Crippen LogP contribution in [0.3, 0.4) is 0 Å². The van der Waals surface area contributed by atoms with E-state index in [0.717, 1.165) is 12.0 Å². The first-order valence-electron chi connectivity index (χ1n) is 4.49. The Balaban J connectivity index is 2.62. The van der Waals surface area contributed by atoms with Gasteiger partial charge in [0.1, 0.15) is 0 Å². The molecule has 0 spiro atoms. The van der Waals surface area contributed by atoms with E-state index in [2.05, 4.69) is 12.7 Å². The second-order valence-electron chi connectivity index (χ2n) is 3.11. The maximum absolute atomic E-state index is 8.89. The monoisotopic (exact) mass is 164 g/mol. The van der Waals surface area contributed by atoms with Gasteiger partial charge in [0.05, 0.1) is 6.61 Å². The Morgan fingerprint density at radius 3 is 2.92 bits per heavy atom. The number of aliphatic hydroxyl groups is 1. The van der Waals surface area contributed by atoms with Gasteiger partial charge in [-0.1, -0.05) is 30.4 Å². The van der Waals surface area contributed by atoms with E-state index in [1.165, 1.54) is 24.8 Å². The Bertz CT molecular complexity index is 211. The van der Waals surface area contributed by atoms with Crippen LogP contribution in [-0.4, -0.2) is 11.7 Å². The molecule has 0 atom stereocenters. The summed E-state index contributed by atoms with van der Waals surface area (Å²) in [4.78, 5) is 0. The molecule has 0 unspecified atom stereocenters. The summed E-state index contributed by atoms with van der Waals surface area (Å²) in [6, 6.07) is 0. The molecule has 0 aromatic heterocycles. The van der Waals surface area contributed by atoms with Gasteiger partial charge in [-0.2, -0.15) is 0 Å². The molecule has 12 heavy (non-hydrogen) atoms. The lowest BCUT2D eigenvalue weighted by Gasteiger charge is -2.09. The quantitative estimate of drug-likeness (QED) is 0.636. The number of rotatable bonds is 3. The molecule has 0 saturated carbocycles. The van der Waals surface area contributed by atoms with Crippen LogP contribution in [-0.2, 0) is 0 Å². The number of aliphatic hydroxyl groups excluding tert-OH is 1. The second-order valence-corrected chi connectivity index (χ2v) is 3.11. The normalized spacial score (nSPS) is 18.8. The maximum atomic E-state index is 8.89. The molecule has 1 rings (SSSR count). The Morgan fingerprint density at radius 2 is 2.42 bits per heavy atom. The van der Waals surface area contributed by atoms with Crippen molar-refractivity contribution in [3.05, 3.63) is 36.0 Å². The van der Waals surface area contributed by atoms with Crippen LogP contribution >= 0.6 is 0 Å². The summed E-state index contributed by atoms with van der Waals surface area (Å²) in [5.41, 5.74) is 2.27. The van der Waals surface area contributed by atoms with Crippen molar-refractivity contribution in [2.45, 2.75) is 25.7 Å². The van der Waals surface area contributed by atoms with E-state index in [-0.39, 0.29) is 6.61 Å². The maximum Gasteiger partial charge on any atom is 0.0681 e. The summed E-state index contributed by atoms with van der Waals surface area (Å²) in [5.74, 6) is 0. The van der Waals surface area contributed by atoms with Crippen LogP contribution in [0.2, 0.25) is 0 Å². The lowest BCUT2D eigenvalue weighted by atomic mass is 9.98. The second kappa shape index (κ2) is 4.94. The summed E-state index contributed by atoms with van der Waals surface area (Å²) in [6.45, 7) is 3.74. The van der Waals surface area contributed by atoms with Gasteiger partial charge in [-0.3, -0.25) is 0 Å². The summed E-state index contributed by atoms with van der Waals surface area (Å²) < 4.78 is 0. The first-order chi connectivity index (χ1) is 5.86. The Hall–Kier alpha value is -0.820. The smallest absolute Gasteiger partial charge is 0.0681 e. The van der Waals surface area contributed by atoms with Gasteiger partial charge < -0.3 is 5.11 Å². The molecule has 0 saturated heterocycles. The van der Waals surface area contributed by atoms with Crippen LogP contribution in [0, 0.1) is 0 Å². The van der Waals surface area contributed by atoms with Gasteiger partial charge in [-0.15, -0.1) is 0 Å². The molecule has 0 aromatic rings. The fourth-order valence-electron chi connectivity index (χ4n) is 1.40. The third kappa shape index (κ3) is 2.67. The predicted molar refractivity (Wildman–Crippen MR) is 51.9 cm³/mol. The highest BCUT2D eigenvalue weighted by atomic mass is 16.3. The first kappa shape index (κ1) is 9.27. The van der Waals surface area contributed by atoms with Gasteiger partial charge in [0.25, 0.3) is 0 Å². The van der Waals surface area contributed by atoms with Crippen LogP contribution in [0.15, 0.2) is 36.0 Å². The molecule has 1 aliphatic carbocycles. The molecule has 66 valence electrons. The van der Waals surface area contributed by atoms with Gasteiger partial charge in [-0.25, -0.2) is 0 Å². The minimum Gasteiger partial charge on any atom is -0.392 e. The molecule has 0 aliphatic heterocycles. The number of allylic oxidation sites excluding steroid dienone is 3. The van der Waals surface area contributed by atoms with Crippen molar-refractivity contribution < 1.29 is 5.11 Å². The number of hydrogen-bond acceptors (Lipinski definition) is 1. The van der Waals surface area contributed by atoms with Gasteiger partial charge in [0.15, 0.2) is 0 Å². The largest absolute Gasteiger partial charge is 0.392 e. The van der Waals surface area contributed by atoms with Crippen molar-refractivity contribution >= 4 is 0 Å². The average Bonchev–Trinajstić information content (AvgIpc) is 2.16. The highest BCUT2D eigenvalue weighted by Crippen LogP contribution is 2.19. The van der Waals surface area contributed by atoms with Gasteiger partial charge in [0, 0.05) is 0 Å². The van der Waals surface area contributed by atoms with Crippen LogP contribution < -0.4 is 0 Å². The van der Waals surface area contributed by atoms with Gasteiger partial charge in [-0.05, 0) is 31.3 Å². The zero-order chi connectivity index (χ0) is 8.81. The lowest BCUT2D eigenvalue weighted by molar-refractivity contribution is 0.335. The van der Waals surface area contributed by atoms with E-state index in [1.54, 1.807) is 6.08 Å². The summed E-state index contributed by atoms with van der Waals surface area (Å²) in [5, 5.41) is 8.89. The van der Waals surface area contributed by atoms with Crippen LogP contribution in [0.4, 0.5) is 0 Å². The molecule has 1 nitrogen and oxygen atoms in total. The topological polar surface area (TPSA) is 20.2 Å². The fourth-order valence-corrected chi connectivity index (χ4v) is 1.40. The fraction of sp³-hybridized carbons (Fsp3) is 0.455. The Morgan fingerprint density at radius 1 is 1.58 bits per heavy atom. The number of hydrogen-bond donors (Lipinski definition) is 1. The zero-order valence-corrected chi connectivity index (χ0v) is 7.42. The first-order valence-corrected chi connectivity index (χ1v) is 4.49. The summed E-state index contributed by atoms with van der Waals surface area (Å²) in [6.07, 6.45) is 10.9. The highest BCUT2D eigenvalue weighted by molar-refractivity contribution is 5.30. The SMILES string of the molecule is C=C/C(=C\C1=CCCCC1)CO. The Kier molecular flexibility index (Phi) is 3.81. The molecule has 0 heterocycles. The van der Waals surface area contributed by atoms with E-state index in [0.29, 0.717) is 0 Å². The van der Waals surface area contributed by atoms with Crippen LogP contribution in [0.5, 0.6) is 0 Å². The molecule has 0 bridgehead atoms. The molecule has 1 N–H and O–H groups in total. The molecular formula is C11H16O. The lowest BCUT2D eigenvalue weighted by Crippen LogP contribution is -1.92. The third-order valence-corrected chi connectivity index (χ3v) is 2.14. The van der Waals surface area contributed by atoms with E-state index in [4.69, 9.17) is 5.11 Å². The molecule has 1 aliphatic rings. The molecule has 0 fully saturated rings. The average molecular weight is 164 g/mol. The van der Waals surface area contributed by atoms with E-state index in [1.807, 2.05) is 6.08 Å². The minimum atomic E-state index is 0.0981. The van der Waals surface area contributed by atoms with Crippen molar-refractivity contribution in [1.82, 2.24) is 0 Å². The third-order valence-electron chi connectivity index (χ3n) is 2.14. The molecule has 0 amide bonds. The Labute approximate surface area is 74.1 Å². The van der Waals surface area contributed by atoms with Crippen molar-refractivity contribution in [2.24, 2.45) is 0 Å². The minimum absolute atomic E-state index is 0.0981. The standard InChI is InChI=1S/C11H16O/c1-2-10(9-12)8-11-6-4-3-5-7-11/h2,6,8,12H,1,3-5,7,9H2/b10-8+. The van der Waals surface area contributed by atoms with E-state index >= 15 is 0 Å². The van der Waals surface area contributed by atoms with Crippen molar-refractivity contribution in [2.75, 3.05) is 6.61 Å². The van der Waals surface area contributed by atoms with Crippen LogP contribution in [0.1, 0.15) is 25.7 Å². The summed E-state index contributed by atoms with van der Waals surface area (Å²) >= 11 is 0. The van der Waals surface area contributed by atoms with Gasteiger partial charge in [0.2, 0.25) is 0 Å². The van der Waals surface area contributed by atoms with E-state index < -0.39 is 0 Å². The molecular weight excluding hydrogens is 148 g/mol. The molecule has 1 heteroatoms.